The molecule has 3 unspecified atom stereocenters. The molecule has 2 fully saturated rings. The lowest BCUT2D eigenvalue weighted by molar-refractivity contribution is -0.129. The summed E-state index contributed by atoms with van der Waals surface area (Å²) in [5.41, 5.74) is 1.07. The van der Waals surface area contributed by atoms with Gasteiger partial charge < -0.3 is 15.3 Å². The number of hydrogen-bond donors (Lipinski definition) is 2. The fourth-order valence-electron chi connectivity index (χ4n) is 3.48. The van der Waals surface area contributed by atoms with E-state index in [4.69, 9.17) is 0 Å². The second kappa shape index (κ2) is 7.13. The summed E-state index contributed by atoms with van der Waals surface area (Å²) >= 11 is 0. The predicted molar refractivity (Wildman–Crippen MR) is 86.4 cm³/mol. The number of rotatable bonds is 4. The van der Waals surface area contributed by atoms with E-state index in [9.17, 15) is 14.7 Å². The maximum Gasteiger partial charge on any atom is 0.225 e. The summed E-state index contributed by atoms with van der Waals surface area (Å²) in [6.45, 7) is 1.01. The number of nitrogens with one attached hydrogen (secondary N) is 1. The highest BCUT2D eigenvalue weighted by Gasteiger charge is 2.36. The van der Waals surface area contributed by atoms with Gasteiger partial charge in [0.2, 0.25) is 11.8 Å². The number of aliphatic hydroxyl groups excluding tert-OH is 1. The fraction of sp³-hybridized carbons (Fsp3) is 0.556. The topological polar surface area (TPSA) is 69.6 Å². The Morgan fingerprint density at radius 3 is 2.70 bits per heavy atom. The van der Waals surface area contributed by atoms with E-state index >= 15 is 0 Å². The summed E-state index contributed by atoms with van der Waals surface area (Å²) < 4.78 is 0. The van der Waals surface area contributed by atoms with E-state index in [0.717, 1.165) is 31.2 Å². The van der Waals surface area contributed by atoms with Crippen molar-refractivity contribution in [2.24, 2.45) is 5.92 Å². The van der Waals surface area contributed by atoms with E-state index in [1.54, 1.807) is 4.90 Å². The number of carbonyl (C=O) groups is 2. The highest BCUT2D eigenvalue weighted by molar-refractivity contribution is 5.89. The van der Waals surface area contributed by atoms with Crippen LogP contribution in [0, 0.1) is 5.92 Å². The van der Waals surface area contributed by atoms with E-state index in [0.29, 0.717) is 13.1 Å². The van der Waals surface area contributed by atoms with Crippen molar-refractivity contribution in [1.82, 2.24) is 10.2 Å². The molecule has 5 heteroatoms. The zero-order valence-corrected chi connectivity index (χ0v) is 13.3. The molecule has 1 aromatic rings. The van der Waals surface area contributed by atoms with E-state index in [1.165, 1.54) is 0 Å². The largest absolute Gasteiger partial charge is 0.391 e. The van der Waals surface area contributed by atoms with Gasteiger partial charge in [0.15, 0.2) is 0 Å². The minimum Gasteiger partial charge on any atom is -0.391 e. The second-order valence-electron chi connectivity index (χ2n) is 6.63. The Morgan fingerprint density at radius 2 is 1.96 bits per heavy atom. The molecule has 2 amide bonds. The molecule has 3 rings (SSSR count). The summed E-state index contributed by atoms with van der Waals surface area (Å²) in [5.74, 6) is -0.376. The Bertz CT molecular complexity index is 561. The van der Waals surface area contributed by atoms with Crippen LogP contribution in [0.3, 0.4) is 0 Å². The Balaban J connectivity index is 1.55. The minimum absolute atomic E-state index is 0.0261. The van der Waals surface area contributed by atoms with Gasteiger partial charge in [0, 0.05) is 19.5 Å². The lowest BCUT2D eigenvalue weighted by Crippen LogP contribution is -2.47. The predicted octanol–water partition coefficient (Wildman–Crippen LogP) is 1.45. The van der Waals surface area contributed by atoms with Crippen LogP contribution in [-0.4, -0.2) is 40.5 Å². The van der Waals surface area contributed by atoms with Gasteiger partial charge in [0.05, 0.1) is 18.1 Å². The summed E-state index contributed by atoms with van der Waals surface area (Å²) in [7, 11) is 0. The molecule has 1 aliphatic carbocycles. The van der Waals surface area contributed by atoms with Crippen molar-refractivity contribution in [3.63, 3.8) is 0 Å². The van der Waals surface area contributed by atoms with Crippen molar-refractivity contribution >= 4 is 11.8 Å². The monoisotopic (exact) mass is 316 g/mol. The number of likely N-dealkylation sites (tertiary alicyclic amines) is 1. The van der Waals surface area contributed by atoms with Crippen LogP contribution >= 0.6 is 0 Å². The summed E-state index contributed by atoms with van der Waals surface area (Å²) in [6, 6.07) is 9.66. The maximum absolute atomic E-state index is 12.4. The van der Waals surface area contributed by atoms with Crippen LogP contribution in [0.2, 0.25) is 0 Å². The second-order valence-corrected chi connectivity index (χ2v) is 6.63. The number of amides is 2. The first-order valence-electron chi connectivity index (χ1n) is 8.43. The maximum atomic E-state index is 12.4. The third kappa shape index (κ3) is 3.91. The van der Waals surface area contributed by atoms with Gasteiger partial charge in [-0.25, -0.2) is 0 Å². The lowest BCUT2D eigenvalue weighted by Gasteiger charge is -2.29. The Labute approximate surface area is 136 Å². The first-order chi connectivity index (χ1) is 11.1. The third-order valence-corrected chi connectivity index (χ3v) is 4.86. The fourth-order valence-corrected chi connectivity index (χ4v) is 3.48. The minimum atomic E-state index is -0.453. The highest BCUT2D eigenvalue weighted by Crippen LogP contribution is 2.23. The molecule has 1 aliphatic heterocycles. The van der Waals surface area contributed by atoms with Crippen LogP contribution in [0.25, 0.3) is 0 Å². The Morgan fingerprint density at radius 1 is 1.22 bits per heavy atom. The molecule has 2 aliphatic rings. The Kier molecular flexibility index (Phi) is 4.96. The van der Waals surface area contributed by atoms with Gasteiger partial charge in [-0.1, -0.05) is 43.2 Å². The smallest absolute Gasteiger partial charge is 0.225 e. The molecule has 124 valence electrons. The summed E-state index contributed by atoms with van der Waals surface area (Å²) in [4.78, 5) is 26.3. The van der Waals surface area contributed by atoms with Gasteiger partial charge in [-0.3, -0.25) is 9.59 Å². The van der Waals surface area contributed by atoms with E-state index < -0.39 is 6.10 Å². The standard InChI is InChI=1S/C18H24N2O3/c21-16-9-5-4-8-15(16)19-18(23)14-10-17(22)20(12-14)11-13-6-2-1-3-7-13/h1-3,6-7,14-16,21H,4-5,8-12H2,(H,19,23). The molecule has 0 spiro atoms. The lowest BCUT2D eigenvalue weighted by atomic mass is 9.92. The number of aliphatic hydroxyl groups is 1. The number of carbonyl (C=O) groups excluding carboxylic acids is 2. The Hall–Kier alpha value is -1.88. The van der Waals surface area contributed by atoms with Gasteiger partial charge in [-0.05, 0) is 18.4 Å². The molecule has 0 radical (unpaired) electrons. The van der Waals surface area contributed by atoms with Gasteiger partial charge in [0.1, 0.15) is 0 Å². The van der Waals surface area contributed by atoms with Crippen LogP contribution in [0.15, 0.2) is 30.3 Å². The van der Waals surface area contributed by atoms with Crippen LogP contribution in [0.1, 0.15) is 37.7 Å². The van der Waals surface area contributed by atoms with Crippen LogP contribution in [0.5, 0.6) is 0 Å². The highest BCUT2D eigenvalue weighted by atomic mass is 16.3. The molecule has 3 atom stereocenters. The van der Waals surface area contributed by atoms with Gasteiger partial charge in [0.25, 0.3) is 0 Å². The number of hydrogen-bond acceptors (Lipinski definition) is 3. The molecule has 1 aromatic carbocycles. The molecular weight excluding hydrogens is 292 g/mol. The van der Waals surface area contributed by atoms with E-state index in [1.807, 2.05) is 30.3 Å². The average molecular weight is 316 g/mol. The molecule has 2 N–H and O–H groups in total. The van der Waals surface area contributed by atoms with Crippen molar-refractivity contribution < 1.29 is 14.7 Å². The van der Waals surface area contributed by atoms with Crippen molar-refractivity contribution in [1.29, 1.82) is 0 Å². The molecule has 0 bridgehead atoms. The first-order valence-corrected chi connectivity index (χ1v) is 8.43. The van der Waals surface area contributed by atoms with E-state index in [-0.39, 0.29) is 30.2 Å². The molecule has 1 saturated heterocycles. The van der Waals surface area contributed by atoms with Crippen molar-refractivity contribution in [3.05, 3.63) is 35.9 Å². The van der Waals surface area contributed by atoms with E-state index in [2.05, 4.69) is 5.32 Å². The normalized spacial score (nSPS) is 28.0. The van der Waals surface area contributed by atoms with Crippen LogP contribution in [0.4, 0.5) is 0 Å². The van der Waals surface area contributed by atoms with Crippen LogP contribution in [-0.2, 0) is 16.1 Å². The van der Waals surface area contributed by atoms with Gasteiger partial charge >= 0.3 is 0 Å². The molecule has 23 heavy (non-hydrogen) atoms. The quantitative estimate of drug-likeness (QED) is 0.883. The van der Waals surface area contributed by atoms with Crippen molar-refractivity contribution in [2.75, 3.05) is 6.54 Å². The summed E-state index contributed by atoms with van der Waals surface area (Å²) in [5, 5.41) is 12.9. The zero-order chi connectivity index (χ0) is 16.2. The summed E-state index contributed by atoms with van der Waals surface area (Å²) in [6.07, 6.45) is 3.42. The third-order valence-electron chi connectivity index (χ3n) is 4.86. The first kappa shape index (κ1) is 16.0. The van der Waals surface area contributed by atoms with Gasteiger partial charge in [-0.15, -0.1) is 0 Å². The van der Waals surface area contributed by atoms with Crippen LogP contribution < -0.4 is 5.32 Å². The molecular formula is C18H24N2O3. The van der Waals surface area contributed by atoms with Crippen molar-refractivity contribution in [3.8, 4) is 0 Å². The molecule has 1 heterocycles. The SMILES string of the molecule is O=C(NC1CCCCC1O)C1CC(=O)N(Cc2ccccc2)C1. The number of nitrogens with zero attached hydrogens (tertiary/aromatic N) is 1. The van der Waals surface area contributed by atoms with Gasteiger partial charge in [-0.2, -0.15) is 0 Å². The molecule has 5 nitrogen and oxygen atoms in total. The van der Waals surface area contributed by atoms with Crippen molar-refractivity contribution in [2.45, 2.75) is 50.8 Å². The average Bonchev–Trinajstić information content (AvgIpc) is 2.92. The molecule has 1 saturated carbocycles. The zero-order valence-electron chi connectivity index (χ0n) is 13.3. The number of benzene rings is 1. The molecule has 0 aromatic heterocycles.